The first-order valence-corrected chi connectivity index (χ1v) is 4.46. The van der Waals surface area contributed by atoms with Crippen LogP contribution in [0.15, 0.2) is 12.2 Å². The zero-order chi connectivity index (χ0) is 8.85. The van der Waals surface area contributed by atoms with Crippen LogP contribution in [0.4, 0.5) is 0 Å². The van der Waals surface area contributed by atoms with E-state index < -0.39 is 0 Å². The summed E-state index contributed by atoms with van der Waals surface area (Å²) in [6, 6.07) is 1.10. The molecule has 0 amide bonds. The largest absolute Gasteiger partial charge is 0.308 e. The monoisotopic (exact) mass is 155 g/mol. The molecule has 1 N–H and O–H groups in total. The number of allylic oxidation sites excluding steroid dienone is 1. The Kier molecular flexibility index (Phi) is 5.22. The second kappa shape index (κ2) is 5.36. The summed E-state index contributed by atoms with van der Waals surface area (Å²) >= 11 is 0. The van der Waals surface area contributed by atoms with Gasteiger partial charge in [-0.1, -0.05) is 26.0 Å². The minimum absolute atomic E-state index is 0.498. The van der Waals surface area contributed by atoms with E-state index in [-0.39, 0.29) is 0 Å². The summed E-state index contributed by atoms with van der Waals surface area (Å²) in [5.41, 5.74) is 0. The highest BCUT2D eigenvalue weighted by Crippen LogP contribution is 2.01. The molecule has 0 aliphatic rings. The minimum atomic E-state index is 0.498. The zero-order valence-electron chi connectivity index (χ0n) is 8.39. The Morgan fingerprint density at radius 2 is 1.64 bits per heavy atom. The van der Waals surface area contributed by atoms with Crippen LogP contribution in [0.5, 0.6) is 0 Å². The molecular formula is C10H21N. The smallest absolute Gasteiger partial charge is 0.0224 e. The van der Waals surface area contributed by atoms with Crippen molar-refractivity contribution in [2.45, 2.75) is 46.7 Å². The highest BCUT2D eigenvalue weighted by molar-refractivity contribution is 4.89. The van der Waals surface area contributed by atoms with Gasteiger partial charge < -0.3 is 5.32 Å². The highest BCUT2D eigenvalue weighted by atomic mass is 14.9. The molecule has 0 saturated heterocycles. The topological polar surface area (TPSA) is 12.0 Å². The van der Waals surface area contributed by atoms with E-state index in [0.29, 0.717) is 18.0 Å². The summed E-state index contributed by atoms with van der Waals surface area (Å²) in [6.45, 7) is 10.9. The van der Waals surface area contributed by atoms with Crippen LogP contribution in [0.25, 0.3) is 0 Å². The number of rotatable bonds is 4. The maximum atomic E-state index is 3.49. The first kappa shape index (κ1) is 10.7. The first-order valence-electron chi connectivity index (χ1n) is 4.46. The van der Waals surface area contributed by atoms with Gasteiger partial charge in [-0.05, 0) is 26.7 Å². The van der Waals surface area contributed by atoms with E-state index in [4.69, 9.17) is 0 Å². The van der Waals surface area contributed by atoms with E-state index in [0.717, 1.165) is 0 Å². The van der Waals surface area contributed by atoms with Crippen LogP contribution in [0.3, 0.4) is 0 Å². The number of hydrogen-bond acceptors (Lipinski definition) is 1. The second-order valence-corrected chi connectivity index (χ2v) is 3.51. The summed E-state index contributed by atoms with van der Waals surface area (Å²) in [5, 5.41) is 3.49. The Morgan fingerprint density at radius 3 is 2.00 bits per heavy atom. The summed E-state index contributed by atoms with van der Waals surface area (Å²) in [7, 11) is 0. The summed E-state index contributed by atoms with van der Waals surface area (Å²) < 4.78 is 0. The third-order valence-corrected chi connectivity index (χ3v) is 2.01. The lowest BCUT2D eigenvalue weighted by Crippen LogP contribution is -2.36. The molecule has 0 aromatic carbocycles. The minimum Gasteiger partial charge on any atom is -0.308 e. The maximum Gasteiger partial charge on any atom is 0.0224 e. The fourth-order valence-corrected chi connectivity index (χ4v) is 0.951. The van der Waals surface area contributed by atoms with Crippen LogP contribution in [-0.4, -0.2) is 12.1 Å². The van der Waals surface area contributed by atoms with Gasteiger partial charge in [-0.25, -0.2) is 0 Å². The summed E-state index contributed by atoms with van der Waals surface area (Å²) in [6.07, 6.45) is 4.27. The summed E-state index contributed by atoms with van der Waals surface area (Å²) in [5.74, 6) is 0.711. The van der Waals surface area contributed by atoms with Gasteiger partial charge in [-0.15, -0.1) is 0 Å². The van der Waals surface area contributed by atoms with Crippen molar-refractivity contribution in [3.63, 3.8) is 0 Å². The van der Waals surface area contributed by atoms with Crippen molar-refractivity contribution in [3.05, 3.63) is 12.2 Å². The summed E-state index contributed by atoms with van der Waals surface area (Å²) in [4.78, 5) is 0. The number of hydrogen-bond donors (Lipinski definition) is 1. The van der Waals surface area contributed by atoms with Crippen molar-refractivity contribution >= 4 is 0 Å². The molecule has 1 heteroatoms. The van der Waals surface area contributed by atoms with Gasteiger partial charge in [0, 0.05) is 12.1 Å². The van der Waals surface area contributed by atoms with E-state index in [1.54, 1.807) is 0 Å². The van der Waals surface area contributed by atoms with Crippen molar-refractivity contribution in [2.75, 3.05) is 0 Å². The van der Waals surface area contributed by atoms with Crippen LogP contribution in [0, 0.1) is 5.92 Å². The number of nitrogens with one attached hydrogen (secondary N) is 1. The van der Waals surface area contributed by atoms with Crippen molar-refractivity contribution in [3.8, 4) is 0 Å². The van der Waals surface area contributed by atoms with Gasteiger partial charge in [-0.3, -0.25) is 0 Å². The molecule has 0 spiro atoms. The molecule has 0 heterocycles. The van der Waals surface area contributed by atoms with Crippen LogP contribution in [-0.2, 0) is 0 Å². The van der Waals surface area contributed by atoms with Crippen molar-refractivity contribution < 1.29 is 0 Å². The van der Waals surface area contributed by atoms with E-state index in [1.165, 1.54) is 0 Å². The Morgan fingerprint density at radius 1 is 1.09 bits per heavy atom. The molecule has 0 rings (SSSR count). The Labute approximate surface area is 70.9 Å². The average Bonchev–Trinajstić information content (AvgIpc) is 1.87. The Balaban J connectivity index is 3.65. The fraction of sp³-hybridized carbons (Fsp3) is 0.800. The lowest BCUT2D eigenvalue weighted by atomic mass is 10.1. The van der Waals surface area contributed by atoms with E-state index in [2.05, 4.69) is 52.1 Å². The van der Waals surface area contributed by atoms with E-state index >= 15 is 0 Å². The molecular weight excluding hydrogens is 134 g/mol. The molecule has 1 nitrogen and oxygen atoms in total. The van der Waals surface area contributed by atoms with Crippen LogP contribution >= 0.6 is 0 Å². The molecule has 2 atom stereocenters. The zero-order valence-corrected chi connectivity index (χ0v) is 8.39. The predicted octanol–water partition coefficient (Wildman–Crippen LogP) is 2.59. The van der Waals surface area contributed by atoms with Crippen LogP contribution < -0.4 is 5.32 Å². The van der Waals surface area contributed by atoms with Gasteiger partial charge in [0.25, 0.3) is 0 Å². The molecule has 66 valence electrons. The lowest BCUT2D eigenvalue weighted by molar-refractivity contribution is 0.410. The van der Waals surface area contributed by atoms with Crippen LogP contribution in [0.1, 0.15) is 34.6 Å². The normalized spacial score (nSPS) is 17.6. The molecule has 0 aliphatic heterocycles. The Hall–Kier alpha value is -0.300. The SMILES string of the molecule is C/C=C\C(C)NC(C)C(C)C. The molecule has 0 aromatic rings. The van der Waals surface area contributed by atoms with Gasteiger partial charge in [0.15, 0.2) is 0 Å². The molecule has 0 fully saturated rings. The van der Waals surface area contributed by atoms with E-state index in [1.807, 2.05) is 0 Å². The van der Waals surface area contributed by atoms with Crippen molar-refractivity contribution in [2.24, 2.45) is 5.92 Å². The van der Waals surface area contributed by atoms with Gasteiger partial charge in [0.05, 0.1) is 0 Å². The Bertz CT molecular complexity index is 116. The molecule has 11 heavy (non-hydrogen) atoms. The van der Waals surface area contributed by atoms with Gasteiger partial charge >= 0.3 is 0 Å². The van der Waals surface area contributed by atoms with Crippen molar-refractivity contribution in [1.29, 1.82) is 0 Å². The average molecular weight is 155 g/mol. The quantitative estimate of drug-likeness (QED) is 0.615. The van der Waals surface area contributed by atoms with E-state index in [9.17, 15) is 0 Å². The van der Waals surface area contributed by atoms with Crippen LogP contribution in [0.2, 0.25) is 0 Å². The van der Waals surface area contributed by atoms with Gasteiger partial charge in [-0.2, -0.15) is 0 Å². The molecule has 0 bridgehead atoms. The van der Waals surface area contributed by atoms with Gasteiger partial charge in [0.1, 0.15) is 0 Å². The first-order chi connectivity index (χ1) is 5.07. The molecule has 0 aromatic heterocycles. The third kappa shape index (κ3) is 5.02. The standard InChI is InChI=1S/C10H21N/c1-6-7-9(4)11-10(5)8(2)3/h6-11H,1-5H3/b7-6-. The molecule has 0 radical (unpaired) electrons. The lowest BCUT2D eigenvalue weighted by Gasteiger charge is -2.20. The van der Waals surface area contributed by atoms with Crippen molar-refractivity contribution in [1.82, 2.24) is 5.32 Å². The predicted molar refractivity (Wildman–Crippen MR) is 51.7 cm³/mol. The van der Waals surface area contributed by atoms with Gasteiger partial charge in [0.2, 0.25) is 0 Å². The molecule has 0 aliphatic carbocycles. The third-order valence-electron chi connectivity index (χ3n) is 2.01. The maximum absolute atomic E-state index is 3.49. The highest BCUT2D eigenvalue weighted by Gasteiger charge is 2.07. The molecule has 2 unspecified atom stereocenters. The fourth-order valence-electron chi connectivity index (χ4n) is 0.951. The second-order valence-electron chi connectivity index (χ2n) is 3.51. The molecule has 0 saturated carbocycles.